The molecule has 2 rings (SSSR count). The van der Waals surface area contributed by atoms with Gasteiger partial charge in [0.15, 0.2) is 0 Å². The first-order chi connectivity index (χ1) is 13.3. The lowest BCUT2D eigenvalue weighted by Crippen LogP contribution is -2.30. The van der Waals surface area contributed by atoms with Crippen LogP contribution in [-0.2, 0) is 32.7 Å². The summed E-state index contributed by atoms with van der Waals surface area (Å²) in [6, 6.07) is 14.2. The zero-order valence-corrected chi connectivity index (χ0v) is 18.3. The van der Waals surface area contributed by atoms with E-state index in [9.17, 15) is 13.2 Å². The molecular weight excluding hydrogens is 444 g/mol. The Bertz CT molecular complexity index is 883. The summed E-state index contributed by atoms with van der Waals surface area (Å²) in [5.74, 6) is -0.218. The Morgan fingerprint density at radius 3 is 2.43 bits per heavy atom. The minimum atomic E-state index is -3.63. The first kappa shape index (κ1) is 22.5. The molecule has 0 aliphatic rings. The molecule has 2 aromatic rings. The van der Waals surface area contributed by atoms with Crippen LogP contribution < -0.4 is 10.0 Å². The third kappa shape index (κ3) is 7.71. The van der Waals surface area contributed by atoms with Crippen LogP contribution >= 0.6 is 15.9 Å². The molecule has 0 unspecified atom stereocenters. The minimum absolute atomic E-state index is 0.0339. The van der Waals surface area contributed by atoms with E-state index in [0.717, 1.165) is 11.1 Å². The monoisotopic (exact) mass is 468 g/mol. The quantitative estimate of drug-likeness (QED) is 0.559. The van der Waals surface area contributed by atoms with Crippen LogP contribution in [0.1, 0.15) is 31.4 Å². The van der Waals surface area contributed by atoms with Gasteiger partial charge in [-0.3, -0.25) is 4.79 Å². The maximum Gasteiger partial charge on any atom is 0.240 e. The second-order valence-corrected chi connectivity index (χ2v) is 9.24. The average molecular weight is 469 g/mol. The summed E-state index contributed by atoms with van der Waals surface area (Å²) in [5.41, 5.74) is 2.04. The zero-order chi connectivity index (χ0) is 20.6. The number of amides is 1. The number of ether oxygens (including phenoxy) is 1. The predicted octanol–water partition coefficient (Wildman–Crippen LogP) is 3.36. The number of carbonyl (C=O) groups excluding carboxylic acids is 1. The summed E-state index contributed by atoms with van der Waals surface area (Å²) in [4.78, 5) is 12.1. The van der Waals surface area contributed by atoms with Crippen molar-refractivity contribution in [3.05, 3.63) is 64.1 Å². The average Bonchev–Trinajstić information content (AvgIpc) is 2.65. The first-order valence-electron chi connectivity index (χ1n) is 8.97. The summed E-state index contributed by atoms with van der Waals surface area (Å²) in [7, 11) is -3.63. The van der Waals surface area contributed by atoms with Crippen molar-refractivity contribution in [2.24, 2.45) is 0 Å². The van der Waals surface area contributed by atoms with Crippen molar-refractivity contribution >= 4 is 31.9 Å². The summed E-state index contributed by atoms with van der Waals surface area (Å²) < 4.78 is 33.1. The summed E-state index contributed by atoms with van der Waals surface area (Å²) >= 11 is 3.24. The fourth-order valence-electron chi connectivity index (χ4n) is 2.32. The van der Waals surface area contributed by atoms with Crippen LogP contribution in [0.2, 0.25) is 0 Å². The van der Waals surface area contributed by atoms with E-state index in [1.807, 2.05) is 38.1 Å². The molecule has 0 spiro atoms. The van der Waals surface area contributed by atoms with Gasteiger partial charge in [0.05, 0.1) is 17.6 Å². The van der Waals surface area contributed by atoms with Gasteiger partial charge in [-0.2, -0.15) is 0 Å². The van der Waals surface area contributed by atoms with Crippen LogP contribution in [-0.4, -0.2) is 27.0 Å². The molecule has 152 valence electrons. The fraction of sp³-hybridized carbons (Fsp3) is 0.350. The van der Waals surface area contributed by atoms with Crippen LogP contribution in [0.3, 0.4) is 0 Å². The molecule has 2 aromatic carbocycles. The van der Waals surface area contributed by atoms with E-state index in [0.29, 0.717) is 17.6 Å². The van der Waals surface area contributed by atoms with E-state index in [2.05, 4.69) is 26.0 Å². The predicted molar refractivity (Wildman–Crippen MR) is 112 cm³/mol. The molecular formula is C20H25BrN2O4S. The van der Waals surface area contributed by atoms with Gasteiger partial charge >= 0.3 is 0 Å². The normalized spacial score (nSPS) is 11.6. The summed E-state index contributed by atoms with van der Waals surface area (Å²) in [5, 5.41) is 2.79. The van der Waals surface area contributed by atoms with Crippen molar-refractivity contribution < 1.29 is 17.9 Å². The van der Waals surface area contributed by atoms with Gasteiger partial charge in [0.2, 0.25) is 15.9 Å². The van der Waals surface area contributed by atoms with Gasteiger partial charge in [0.1, 0.15) is 0 Å². The number of benzene rings is 2. The molecule has 8 heteroatoms. The van der Waals surface area contributed by atoms with Gasteiger partial charge in [-0.1, -0.05) is 46.3 Å². The molecule has 0 aliphatic carbocycles. The van der Waals surface area contributed by atoms with E-state index >= 15 is 0 Å². The van der Waals surface area contributed by atoms with E-state index in [4.69, 9.17) is 4.74 Å². The minimum Gasteiger partial charge on any atom is -0.374 e. The van der Waals surface area contributed by atoms with Crippen LogP contribution in [0, 0.1) is 0 Å². The van der Waals surface area contributed by atoms with E-state index in [1.54, 1.807) is 12.1 Å². The maximum atomic E-state index is 12.2. The third-order valence-corrected chi connectivity index (χ3v) is 5.80. The van der Waals surface area contributed by atoms with Crippen LogP contribution in [0.15, 0.2) is 57.9 Å². The second-order valence-electron chi connectivity index (χ2n) is 6.56. The molecule has 0 aromatic heterocycles. The molecule has 6 nitrogen and oxygen atoms in total. The molecule has 0 heterocycles. The van der Waals surface area contributed by atoms with Crippen LogP contribution in [0.4, 0.5) is 0 Å². The molecule has 0 saturated carbocycles. The number of hydrogen-bond donors (Lipinski definition) is 2. The molecule has 0 saturated heterocycles. The largest absolute Gasteiger partial charge is 0.374 e. The fourth-order valence-corrected chi connectivity index (χ4v) is 3.95. The van der Waals surface area contributed by atoms with Crippen molar-refractivity contribution in [3.8, 4) is 0 Å². The molecule has 0 radical (unpaired) electrons. The molecule has 0 aliphatic heterocycles. The van der Waals surface area contributed by atoms with Crippen molar-refractivity contribution in [2.45, 2.75) is 44.4 Å². The first-order valence-corrected chi connectivity index (χ1v) is 11.3. The molecule has 0 bridgehead atoms. The topological polar surface area (TPSA) is 84.5 Å². The highest BCUT2D eigenvalue weighted by Crippen LogP contribution is 2.15. The van der Waals surface area contributed by atoms with Crippen molar-refractivity contribution in [1.82, 2.24) is 10.0 Å². The standard InChI is InChI=1S/C20H25BrN2O4S/c1-15(2)27-14-17-8-6-16(7-9-17)13-22-20(24)10-11-23-28(25,26)19-5-3-4-18(21)12-19/h3-9,12,15,23H,10-11,13-14H2,1-2H3,(H,22,24). The van der Waals surface area contributed by atoms with Crippen LogP contribution in [0.25, 0.3) is 0 Å². The highest BCUT2D eigenvalue weighted by molar-refractivity contribution is 9.10. The molecule has 0 fully saturated rings. The number of rotatable bonds is 10. The molecule has 2 N–H and O–H groups in total. The lowest BCUT2D eigenvalue weighted by molar-refractivity contribution is -0.121. The van der Waals surface area contributed by atoms with Crippen molar-refractivity contribution in [1.29, 1.82) is 0 Å². The molecule has 0 atom stereocenters. The Morgan fingerprint density at radius 2 is 1.79 bits per heavy atom. The van der Waals surface area contributed by atoms with Crippen molar-refractivity contribution in [2.75, 3.05) is 6.54 Å². The van der Waals surface area contributed by atoms with E-state index < -0.39 is 10.0 Å². The lowest BCUT2D eigenvalue weighted by Gasteiger charge is -2.09. The Labute approximate surface area is 174 Å². The number of carbonyl (C=O) groups is 1. The van der Waals surface area contributed by atoms with Gasteiger partial charge in [-0.25, -0.2) is 13.1 Å². The van der Waals surface area contributed by atoms with E-state index in [-0.39, 0.29) is 29.9 Å². The van der Waals surface area contributed by atoms with Gasteiger partial charge in [0.25, 0.3) is 0 Å². The lowest BCUT2D eigenvalue weighted by atomic mass is 10.1. The Morgan fingerprint density at radius 1 is 1.11 bits per heavy atom. The number of nitrogens with one attached hydrogen (secondary N) is 2. The highest BCUT2D eigenvalue weighted by atomic mass is 79.9. The zero-order valence-electron chi connectivity index (χ0n) is 15.9. The second kappa shape index (κ2) is 10.7. The summed E-state index contributed by atoms with van der Waals surface area (Å²) in [6.45, 7) is 4.96. The number of hydrogen-bond acceptors (Lipinski definition) is 4. The van der Waals surface area contributed by atoms with Gasteiger partial charge in [0, 0.05) is 24.0 Å². The van der Waals surface area contributed by atoms with Crippen LogP contribution in [0.5, 0.6) is 0 Å². The Hall–Kier alpha value is -1.74. The smallest absolute Gasteiger partial charge is 0.240 e. The SMILES string of the molecule is CC(C)OCc1ccc(CNC(=O)CCNS(=O)(=O)c2cccc(Br)c2)cc1. The maximum absolute atomic E-state index is 12.2. The summed E-state index contributed by atoms with van der Waals surface area (Å²) in [6.07, 6.45) is 0.243. The highest BCUT2D eigenvalue weighted by Gasteiger charge is 2.14. The Kier molecular flexibility index (Phi) is 8.62. The Balaban J connectivity index is 1.74. The van der Waals surface area contributed by atoms with Gasteiger partial charge in [-0.05, 0) is 43.2 Å². The van der Waals surface area contributed by atoms with E-state index in [1.165, 1.54) is 12.1 Å². The number of sulfonamides is 1. The molecule has 1 amide bonds. The van der Waals surface area contributed by atoms with Crippen molar-refractivity contribution in [3.63, 3.8) is 0 Å². The van der Waals surface area contributed by atoms with Gasteiger partial charge < -0.3 is 10.1 Å². The molecule has 28 heavy (non-hydrogen) atoms. The third-order valence-electron chi connectivity index (χ3n) is 3.85. The number of halogens is 1. The van der Waals surface area contributed by atoms with Gasteiger partial charge in [-0.15, -0.1) is 0 Å².